The van der Waals surface area contributed by atoms with E-state index in [2.05, 4.69) is 54.2 Å². The molecule has 1 atom stereocenters. The molecule has 368 valence electrons. The molecule has 0 saturated heterocycles. The minimum absolute atomic E-state index is 0.0804. The summed E-state index contributed by atoms with van der Waals surface area (Å²) in [7, 11) is 0. The minimum atomic E-state index is -1.42. The van der Waals surface area contributed by atoms with Crippen LogP contribution in [-0.4, -0.2) is 70.4 Å². The second-order valence-electron chi connectivity index (χ2n) is 18.5. The number of hydrogen-bond donors (Lipinski definition) is 8. The topological polar surface area (TPSA) is 222 Å². The summed E-state index contributed by atoms with van der Waals surface area (Å²) in [5, 5.41) is 28.5. The average Bonchev–Trinajstić information content (AvgIpc) is 4.31. The number of carboxylic acids is 1. The predicted molar refractivity (Wildman–Crippen MR) is 295 cm³/mol. The number of carboxylic acid groups (broad SMARTS) is 1. The Balaban J connectivity index is 0.000000115. The average molecular weight is 991 g/mol. The van der Waals surface area contributed by atoms with E-state index in [9.17, 15) is 24.3 Å². The normalized spacial score (nSPS) is 12.0. The summed E-state index contributed by atoms with van der Waals surface area (Å²) in [4.78, 5) is 66.9. The number of nitrogens with one attached hydrogen (secondary N) is 6. The molecule has 14 rings (SSSR count). The van der Waals surface area contributed by atoms with Crippen molar-refractivity contribution in [2.45, 2.75) is 32.8 Å². The first-order valence-electron chi connectivity index (χ1n) is 24.3. The van der Waals surface area contributed by atoms with Gasteiger partial charge in [-0.3, -0.25) is 14.4 Å². The number of hydrogen-bond acceptors (Lipinski definition) is 7. The Kier molecular flexibility index (Phi) is 11.5. The molecule has 0 aliphatic rings. The number of aromatic nitrogens is 6. The SMILES string of the molecule is CC(=O)Oc1c2[nH]c3ccccc3c2c(OC(C)=O)c2[nH]c3ccccc3c12.O=C(O)C(O)Cc1c(Cc2c[nH]c3ccccc23)[nH]c2ccccc12.O=Cc1c2[nH]c3ccccc3c2cc2[nH]c3ccccc3c12. The van der Waals surface area contributed by atoms with Crippen LogP contribution in [0.3, 0.4) is 0 Å². The predicted octanol–water partition coefficient (Wildman–Crippen LogP) is 12.8. The highest BCUT2D eigenvalue weighted by molar-refractivity contribution is 6.27. The van der Waals surface area contributed by atoms with Crippen LogP contribution in [0, 0.1) is 0 Å². The third-order valence-electron chi connectivity index (χ3n) is 13.9. The van der Waals surface area contributed by atoms with E-state index in [-0.39, 0.29) is 6.42 Å². The number of ether oxygens (including phenoxy) is 2. The fraction of sp³-hybridized carbons (Fsp3) is 0.0820. The molecule has 0 fully saturated rings. The lowest BCUT2D eigenvalue weighted by Crippen LogP contribution is -2.22. The van der Waals surface area contributed by atoms with Crippen LogP contribution in [0.25, 0.3) is 109 Å². The molecule has 14 aromatic rings. The second-order valence-corrected chi connectivity index (χ2v) is 18.5. The van der Waals surface area contributed by atoms with Crippen LogP contribution >= 0.6 is 0 Å². The fourth-order valence-corrected chi connectivity index (χ4v) is 10.7. The van der Waals surface area contributed by atoms with Gasteiger partial charge in [0.05, 0.1) is 27.3 Å². The number of H-pyrrole nitrogens is 6. The van der Waals surface area contributed by atoms with Gasteiger partial charge in [-0.05, 0) is 53.6 Å². The number of carbonyl (C=O) groups is 4. The van der Waals surface area contributed by atoms with Gasteiger partial charge in [0.25, 0.3) is 0 Å². The number of aromatic amines is 6. The van der Waals surface area contributed by atoms with Gasteiger partial charge < -0.3 is 49.6 Å². The standard InChI is InChI=1S/C22H16N2O4.C20H18N2O3.C19H12N2O/c1-11(25)27-21-17-13-7-3-5-9-15(13)24-20(17)22(28-12(2)26)18-14-8-4-6-10-16(14)23-19(18)21;23-19(20(24)25)10-15-14-6-2-4-8-17(14)22-18(15)9-12-11-21-16-7-3-1-5-13(12)16;22-10-14-18-12-6-2-4-8-16(12)20-17(18)9-13-11-5-1-3-7-15(11)21-19(13)14/h3-10,23-24H,1-2H3;1-8,11,19,21-23H,9-10H2,(H,24,25);1-10,20-21H. The van der Waals surface area contributed by atoms with Crippen LogP contribution in [0.1, 0.15) is 41.0 Å². The summed E-state index contributed by atoms with van der Waals surface area (Å²) in [5.41, 5.74) is 12.6. The molecule has 0 bridgehead atoms. The van der Waals surface area contributed by atoms with Gasteiger partial charge in [-0.15, -0.1) is 0 Å². The van der Waals surface area contributed by atoms with Gasteiger partial charge in [0, 0.05) is 126 Å². The van der Waals surface area contributed by atoms with E-state index in [4.69, 9.17) is 14.6 Å². The van der Waals surface area contributed by atoms with Crippen molar-refractivity contribution in [3.05, 3.63) is 180 Å². The van der Waals surface area contributed by atoms with Gasteiger partial charge in [-0.2, -0.15) is 0 Å². The van der Waals surface area contributed by atoms with Crippen LogP contribution in [-0.2, 0) is 27.2 Å². The molecule has 14 heteroatoms. The molecule has 0 saturated carbocycles. The van der Waals surface area contributed by atoms with E-state index >= 15 is 0 Å². The van der Waals surface area contributed by atoms with E-state index < -0.39 is 24.0 Å². The number of fused-ring (bicyclic) bond motifs is 14. The molecule has 14 nitrogen and oxygen atoms in total. The molecule has 0 radical (unpaired) electrons. The van der Waals surface area contributed by atoms with Crippen molar-refractivity contribution in [2.24, 2.45) is 0 Å². The van der Waals surface area contributed by atoms with Crippen molar-refractivity contribution in [2.75, 3.05) is 0 Å². The van der Waals surface area contributed by atoms with E-state index in [1.54, 1.807) is 0 Å². The maximum Gasteiger partial charge on any atom is 0.332 e. The van der Waals surface area contributed by atoms with Crippen molar-refractivity contribution in [3.8, 4) is 11.5 Å². The van der Waals surface area contributed by atoms with Crippen molar-refractivity contribution < 1.29 is 38.9 Å². The highest BCUT2D eigenvalue weighted by Gasteiger charge is 2.26. The van der Waals surface area contributed by atoms with Crippen LogP contribution < -0.4 is 9.47 Å². The number of rotatable bonds is 8. The zero-order valence-corrected chi connectivity index (χ0v) is 40.4. The van der Waals surface area contributed by atoms with Gasteiger partial charge >= 0.3 is 17.9 Å². The van der Waals surface area contributed by atoms with Gasteiger partial charge in [0.15, 0.2) is 23.9 Å². The lowest BCUT2D eigenvalue weighted by molar-refractivity contribution is -0.146. The maximum absolute atomic E-state index is 11.9. The Morgan fingerprint density at radius 1 is 0.507 bits per heavy atom. The number of benzene rings is 8. The number of aldehydes is 1. The number of para-hydroxylation sites is 6. The third kappa shape index (κ3) is 8.06. The second kappa shape index (κ2) is 18.6. The molecule has 0 aliphatic heterocycles. The summed E-state index contributed by atoms with van der Waals surface area (Å²) in [6.45, 7) is 2.74. The van der Waals surface area contributed by atoms with E-state index in [0.717, 1.165) is 116 Å². The fourth-order valence-electron chi connectivity index (χ4n) is 10.7. The molecule has 6 heterocycles. The lowest BCUT2D eigenvalue weighted by atomic mass is 10.00. The third-order valence-corrected chi connectivity index (χ3v) is 13.9. The summed E-state index contributed by atoms with van der Waals surface area (Å²) in [6.07, 6.45) is 2.24. The Bertz CT molecular complexity index is 4490. The zero-order valence-electron chi connectivity index (χ0n) is 40.4. The minimum Gasteiger partial charge on any atom is -0.479 e. The summed E-state index contributed by atoms with van der Waals surface area (Å²) < 4.78 is 11.3. The molecule has 75 heavy (non-hydrogen) atoms. The Hall–Kier alpha value is -9.92. The largest absolute Gasteiger partial charge is 0.479 e. The Morgan fingerprint density at radius 2 is 0.947 bits per heavy atom. The van der Waals surface area contributed by atoms with Crippen LogP contribution in [0.15, 0.2) is 158 Å². The first kappa shape index (κ1) is 46.2. The zero-order chi connectivity index (χ0) is 51.5. The molecule has 1 unspecified atom stereocenters. The molecule has 0 amide bonds. The van der Waals surface area contributed by atoms with Gasteiger partial charge in [-0.1, -0.05) is 109 Å². The molecule has 8 N–H and O–H groups in total. The molecular formula is C61H46N6O8. The summed E-state index contributed by atoms with van der Waals surface area (Å²) in [5.74, 6) is -1.22. The van der Waals surface area contributed by atoms with Gasteiger partial charge in [0.1, 0.15) is 0 Å². The highest BCUT2D eigenvalue weighted by Crippen LogP contribution is 2.48. The molecule has 6 aromatic heterocycles. The number of carbonyl (C=O) groups excluding carboxylic acids is 3. The van der Waals surface area contributed by atoms with Gasteiger partial charge in [-0.25, -0.2) is 4.79 Å². The monoisotopic (exact) mass is 990 g/mol. The highest BCUT2D eigenvalue weighted by atomic mass is 16.5. The van der Waals surface area contributed by atoms with E-state index in [1.807, 2.05) is 134 Å². The summed E-state index contributed by atoms with van der Waals surface area (Å²) >= 11 is 0. The molecular weight excluding hydrogens is 945 g/mol. The number of aliphatic carboxylic acids is 1. The number of esters is 2. The van der Waals surface area contributed by atoms with Crippen molar-refractivity contribution in [1.29, 1.82) is 0 Å². The smallest absolute Gasteiger partial charge is 0.332 e. The summed E-state index contributed by atoms with van der Waals surface area (Å²) in [6, 6.07) is 49.6. The molecule has 8 aromatic carbocycles. The van der Waals surface area contributed by atoms with E-state index in [1.165, 1.54) is 13.8 Å². The molecule has 0 spiro atoms. The Labute approximate surface area is 424 Å². The van der Waals surface area contributed by atoms with Crippen molar-refractivity contribution in [1.82, 2.24) is 29.9 Å². The lowest BCUT2D eigenvalue weighted by Gasteiger charge is -2.11. The quantitative estimate of drug-likeness (QED) is 0.0414. The number of aliphatic hydroxyl groups is 1. The van der Waals surface area contributed by atoms with Crippen LogP contribution in [0.5, 0.6) is 11.5 Å². The Morgan fingerprint density at radius 3 is 1.48 bits per heavy atom. The first-order valence-corrected chi connectivity index (χ1v) is 24.3. The van der Waals surface area contributed by atoms with Gasteiger partial charge in [0.2, 0.25) is 0 Å². The van der Waals surface area contributed by atoms with Crippen molar-refractivity contribution >= 4 is 133 Å². The first-order chi connectivity index (χ1) is 36.5. The van der Waals surface area contributed by atoms with E-state index in [0.29, 0.717) is 39.7 Å². The number of aliphatic hydroxyl groups excluding tert-OH is 1. The van der Waals surface area contributed by atoms with Crippen LogP contribution in [0.2, 0.25) is 0 Å². The molecule has 0 aliphatic carbocycles. The van der Waals surface area contributed by atoms with Crippen LogP contribution in [0.4, 0.5) is 0 Å². The van der Waals surface area contributed by atoms with Crippen molar-refractivity contribution in [3.63, 3.8) is 0 Å². The maximum atomic E-state index is 11.9.